The van der Waals surface area contributed by atoms with Gasteiger partial charge in [-0.1, -0.05) is 66.4 Å². The van der Waals surface area contributed by atoms with Crippen LogP contribution in [0.5, 0.6) is 0 Å². The molecule has 1 heterocycles. The zero-order valence-corrected chi connectivity index (χ0v) is 16.5. The number of hydrogen-bond donors (Lipinski definition) is 0. The van der Waals surface area contributed by atoms with Gasteiger partial charge in [0.25, 0.3) is 0 Å². The number of allylic oxidation sites excluding steroid dienone is 1. The average molecular weight is 415 g/mol. The molecule has 0 N–H and O–H groups in total. The summed E-state index contributed by atoms with van der Waals surface area (Å²) < 4.78 is 40.8. The Morgan fingerprint density at radius 2 is 1.86 bits per heavy atom. The number of halogens is 3. The fraction of sp³-hybridized carbons (Fsp3) is 0.273. The van der Waals surface area contributed by atoms with Crippen LogP contribution in [0.3, 0.4) is 0 Å². The average Bonchev–Trinajstić information content (AvgIpc) is 3.41. The van der Waals surface area contributed by atoms with Crippen LogP contribution < -0.4 is 0 Å². The molecule has 150 valence electrons. The standard InChI is InChI=1S/C22H20F3N3S/c1-2-11-28-20(19-13-18(19)16-8-4-3-5-9-16)26-27-21(28)29-14-15-7-6-10-17(12-15)22(23,24)25/h2-10,12,18-19H,1,11,13-14H2. The molecule has 0 spiro atoms. The van der Waals surface area contributed by atoms with Crippen molar-refractivity contribution in [3.8, 4) is 0 Å². The van der Waals surface area contributed by atoms with Gasteiger partial charge >= 0.3 is 6.18 Å². The van der Waals surface area contributed by atoms with Crippen molar-refractivity contribution in [2.24, 2.45) is 0 Å². The lowest BCUT2D eigenvalue weighted by molar-refractivity contribution is -0.137. The Hall–Kier alpha value is -2.54. The van der Waals surface area contributed by atoms with E-state index in [1.165, 1.54) is 29.5 Å². The first-order chi connectivity index (χ1) is 14.0. The van der Waals surface area contributed by atoms with E-state index in [9.17, 15) is 13.2 Å². The number of hydrogen-bond acceptors (Lipinski definition) is 3. The maximum atomic E-state index is 12.9. The highest BCUT2D eigenvalue weighted by Gasteiger charge is 2.43. The molecule has 3 nitrogen and oxygen atoms in total. The van der Waals surface area contributed by atoms with E-state index in [1.54, 1.807) is 12.1 Å². The van der Waals surface area contributed by atoms with E-state index in [2.05, 4.69) is 28.9 Å². The maximum Gasteiger partial charge on any atom is 0.416 e. The lowest BCUT2D eigenvalue weighted by Crippen LogP contribution is -2.05. The van der Waals surface area contributed by atoms with Crippen molar-refractivity contribution in [3.63, 3.8) is 0 Å². The molecule has 7 heteroatoms. The molecule has 1 aromatic heterocycles. The second kappa shape index (κ2) is 8.06. The summed E-state index contributed by atoms with van der Waals surface area (Å²) in [6.45, 7) is 4.40. The molecule has 2 atom stereocenters. The topological polar surface area (TPSA) is 30.7 Å². The highest BCUT2D eigenvalue weighted by molar-refractivity contribution is 7.98. The van der Waals surface area contributed by atoms with Gasteiger partial charge in [0.05, 0.1) is 5.56 Å². The van der Waals surface area contributed by atoms with Crippen LogP contribution in [0.25, 0.3) is 0 Å². The molecule has 0 bridgehead atoms. The largest absolute Gasteiger partial charge is 0.416 e. The van der Waals surface area contributed by atoms with Gasteiger partial charge in [-0.3, -0.25) is 0 Å². The summed E-state index contributed by atoms with van der Waals surface area (Å²) in [5, 5.41) is 9.43. The SMILES string of the molecule is C=CCn1c(SCc2cccc(C(F)(F)F)c2)nnc1C1CC1c1ccccc1. The molecule has 1 fully saturated rings. The third-order valence-corrected chi connectivity index (χ3v) is 6.07. The van der Waals surface area contributed by atoms with E-state index in [1.807, 2.05) is 22.8 Å². The van der Waals surface area contributed by atoms with E-state index in [0.717, 1.165) is 18.3 Å². The lowest BCUT2D eigenvalue weighted by Gasteiger charge is -2.10. The van der Waals surface area contributed by atoms with Crippen LogP contribution in [0.1, 0.15) is 40.8 Å². The molecule has 29 heavy (non-hydrogen) atoms. The molecule has 0 amide bonds. The van der Waals surface area contributed by atoms with Crippen LogP contribution in [-0.4, -0.2) is 14.8 Å². The van der Waals surface area contributed by atoms with Gasteiger partial charge in [-0.05, 0) is 29.5 Å². The van der Waals surface area contributed by atoms with Gasteiger partial charge in [0.15, 0.2) is 5.16 Å². The van der Waals surface area contributed by atoms with Gasteiger partial charge < -0.3 is 4.57 Å². The summed E-state index contributed by atoms with van der Waals surface area (Å²) in [6, 6.07) is 15.7. The molecule has 1 aliphatic rings. The quantitative estimate of drug-likeness (QED) is 0.348. The van der Waals surface area contributed by atoms with E-state index in [-0.39, 0.29) is 0 Å². The molecule has 1 saturated carbocycles. The van der Waals surface area contributed by atoms with Crippen molar-refractivity contribution < 1.29 is 13.2 Å². The summed E-state index contributed by atoms with van der Waals surface area (Å²) in [5.74, 6) is 2.06. The van der Waals surface area contributed by atoms with Crippen LogP contribution in [0.15, 0.2) is 72.4 Å². The molecular weight excluding hydrogens is 395 g/mol. The fourth-order valence-electron chi connectivity index (χ4n) is 3.52. The Bertz CT molecular complexity index is 998. The number of aromatic nitrogens is 3. The molecule has 0 aliphatic heterocycles. The second-order valence-electron chi connectivity index (χ2n) is 7.09. The Kier molecular flexibility index (Phi) is 5.50. The predicted octanol–water partition coefficient (Wildman–Crippen LogP) is 6.05. The van der Waals surface area contributed by atoms with Gasteiger partial charge in [0.1, 0.15) is 5.82 Å². The predicted molar refractivity (Wildman–Crippen MR) is 108 cm³/mol. The molecule has 3 aromatic rings. The first-order valence-electron chi connectivity index (χ1n) is 9.35. The van der Waals surface area contributed by atoms with Crippen molar-refractivity contribution in [1.82, 2.24) is 14.8 Å². The van der Waals surface area contributed by atoms with E-state index in [0.29, 0.717) is 34.9 Å². The van der Waals surface area contributed by atoms with Gasteiger partial charge in [-0.2, -0.15) is 13.2 Å². The summed E-state index contributed by atoms with van der Waals surface area (Å²) in [6.07, 6.45) is -1.52. The summed E-state index contributed by atoms with van der Waals surface area (Å²) in [7, 11) is 0. The Balaban J connectivity index is 1.50. The van der Waals surface area contributed by atoms with Gasteiger partial charge in [0, 0.05) is 18.2 Å². The van der Waals surface area contributed by atoms with E-state index in [4.69, 9.17) is 0 Å². The highest BCUT2D eigenvalue weighted by Crippen LogP contribution is 2.54. The Labute approximate surface area is 171 Å². The number of nitrogens with zero attached hydrogens (tertiary/aromatic N) is 3. The minimum absolute atomic E-state index is 0.313. The van der Waals surface area contributed by atoms with Crippen molar-refractivity contribution in [2.45, 2.75) is 41.9 Å². The van der Waals surface area contributed by atoms with Crippen molar-refractivity contribution in [1.29, 1.82) is 0 Å². The monoisotopic (exact) mass is 415 g/mol. The Morgan fingerprint density at radius 1 is 1.07 bits per heavy atom. The highest BCUT2D eigenvalue weighted by atomic mass is 32.2. The van der Waals surface area contributed by atoms with Crippen molar-refractivity contribution in [3.05, 3.63) is 89.8 Å². The van der Waals surface area contributed by atoms with Crippen molar-refractivity contribution in [2.75, 3.05) is 0 Å². The van der Waals surface area contributed by atoms with Crippen LogP contribution in [0, 0.1) is 0 Å². The third-order valence-electron chi connectivity index (χ3n) is 5.03. The molecule has 2 unspecified atom stereocenters. The molecule has 2 aromatic carbocycles. The van der Waals surface area contributed by atoms with Gasteiger partial charge in [-0.25, -0.2) is 0 Å². The zero-order valence-electron chi connectivity index (χ0n) is 15.6. The number of alkyl halides is 3. The maximum absolute atomic E-state index is 12.9. The smallest absolute Gasteiger partial charge is 0.302 e. The Morgan fingerprint density at radius 3 is 2.59 bits per heavy atom. The fourth-order valence-corrected chi connectivity index (χ4v) is 4.41. The van der Waals surface area contributed by atoms with Crippen LogP contribution in [0.4, 0.5) is 13.2 Å². The normalized spacial score (nSPS) is 18.6. The second-order valence-corrected chi connectivity index (χ2v) is 8.03. The molecule has 0 radical (unpaired) electrons. The van der Waals surface area contributed by atoms with Crippen LogP contribution in [-0.2, 0) is 18.5 Å². The minimum atomic E-state index is -4.34. The van der Waals surface area contributed by atoms with Crippen LogP contribution >= 0.6 is 11.8 Å². The first-order valence-corrected chi connectivity index (χ1v) is 10.3. The summed E-state index contributed by atoms with van der Waals surface area (Å²) in [5.41, 5.74) is 1.27. The zero-order chi connectivity index (χ0) is 20.4. The first kappa shape index (κ1) is 19.8. The van der Waals surface area contributed by atoms with Crippen molar-refractivity contribution >= 4 is 11.8 Å². The van der Waals surface area contributed by atoms with E-state index >= 15 is 0 Å². The van der Waals surface area contributed by atoms with Crippen LogP contribution in [0.2, 0.25) is 0 Å². The van der Waals surface area contributed by atoms with Gasteiger partial charge in [0.2, 0.25) is 0 Å². The minimum Gasteiger partial charge on any atom is -0.302 e. The third kappa shape index (κ3) is 4.40. The number of rotatable bonds is 7. The summed E-state index contributed by atoms with van der Waals surface area (Å²) in [4.78, 5) is 0. The molecule has 0 saturated heterocycles. The lowest BCUT2D eigenvalue weighted by atomic mass is 10.1. The molecule has 4 rings (SSSR count). The molecule has 1 aliphatic carbocycles. The number of benzene rings is 2. The van der Waals surface area contributed by atoms with Gasteiger partial charge in [-0.15, -0.1) is 16.8 Å². The summed E-state index contributed by atoms with van der Waals surface area (Å²) >= 11 is 1.40. The number of thioether (sulfide) groups is 1. The van der Waals surface area contributed by atoms with E-state index < -0.39 is 11.7 Å². The molecular formula is C22H20F3N3S.